The second-order valence-corrected chi connectivity index (χ2v) is 4.69. The summed E-state index contributed by atoms with van der Waals surface area (Å²) in [6.45, 7) is 2.82. The standard InChI is InChI=1S/C13H19N3O2/c17-12-6-11(8-15-9-12)13(18)16-5-3-10-2-1-4-14-7-10/h6,8-10,14,17H,1-5,7H2,(H,16,18). The lowest BCUT2D eigenvalue weighted by atomic mass is 9.96. The quantitative estimate of drug-likeness (QED) is 0.741. The van der Waals surface area contributed by atoms with Crippen LogP contribution in [0, 0.1) is 5.92 Å². The summed E-state index contributed by atoms with van der Waals surface area (Å²) in [5, 5.41) is 15.5. The SMILES string of the molecule is O=C(NCCC1CCCNC1)c1cncc(O)c1. The Labute approximate surface area is 107 Å². The number of piperidine rings is 1. The second-order valence-electron chi connectivity index (χ2n) is 4.69. The van der Waals surface area contributed by atoms with Gasteiger partial charge in [0.05, 0.1) is 11.8 Å². The Morgan fingerprint density at radius 3 is 3.17 bits per heavy atom. The monoisotopic (exact) mass is 249 g/mol. The molecule has 5 heteroatoms. The molecular formula is C13H19N3O2. The Hall–Kier alpha value is -1.62. The van der Waals surface area contributed by atoms with E-state index < -0.39 is 0 Å². The molecule has 1 atom stereocenters. The number of amides is 1. The minimum absolute atomic E-state index is 0.0131. The molecule has 3 N–H and O–H groups in total. The number of hydrogen-bond donors (Lipinski definition) is 3. The number of nitrogens with one attached hydrogen (secondary N) is 2. The first-order valence-corrected chi connectivity index (χ1v) is 6.38. The van der Waals surface area contributed by atoms with Crippen LogP contribution in [0.5, 0.6) is 5.75 Å². The Morgan fingerprint density at radius 2 is 2.44 bits per heavy atom. The molecule has 0 aliphatic carbocycles. The first kappa shape index (κ1) is 12.8. The first-order valence-electron chi connectivity index (χ1n) is 6.38. The first-order chi connectivity index (χ1) is 8.75. The topological polar surface area (TPSA) is 74.2 Å². The number of pyridine rings is 1. The molecule has 1 aromatic rings. The summed E-state index contributed by atoms with van der Waals surface area (Å²) in [6, 6.07) is 1.42. The fourth-order valence-electron chi connectivity index (χ4n) is 2.21. The molecule has 98 valence electrons. The molecule has 1 aromatic heterocycles. The van der Waals surface area contributed by atoms with E-state index in [2.05, 4.69) is 15.6 Å². The molecule has 2 rings (SSSR count). The Morgan fingerprint density at radius 1 is 1.56 bits per heavy atom. The van der Waals surface area contributed by atoms with Crippen molar-refractivity contribution in [2.75, 3.05) is 19.6 Å². The van der Waals surface area contributed by atoms with Crippen molar-refractivity contribution in [3.8, 4) is 5.75 Å². The van der Waals surface area contributed by atoms with Gasteiger partial charge in [-0.1, -0.05) is 0 Å². The van der Waals surface area contributed by atoms with Gasteiger partial charge in [-0.2, -0.15) is 0 Å². The third kappa shape index (κ3) is 3.70. The maximum Gasteiger partial charge on any atom is 0.252 e. The third-order valence-corrected chi connectivity index (χ3v) is 3.22. The van der Waals surface area contributed by atoms with E-state index in [1.54, 1.807) is 0 Å². The third-order valence-electron chi connectivity index (χ3n) is 3.22. The van der Waals surface area contributed by atoms with Crippen LogP contribution in [0.15, 0.2) is 18.5 Å². The van der Waals surface area contributed by atoms with Crippen molar-refractivity contribution in [2.45, 2.75) is 19.3 Å². The summed E-state index contributed by atoms with van der Waals surface area (Å²) in [5.41, 5.74) is 0.400. The molecule has 0 spiro atoms. The number of nitrogens with zero attached hydrogens (tertiary/aromatic N) is 1. The normalized spacial score (nSPS) is 19.4. The Bertz CT molecular complexity index is 403. The van der Waals surface area contributed by atoms with Crippen molar-refractivity contribution < 1.29 is 9.90 Å². The zero-order valence-corrected chi connectivity index (χ0v) is 10.4. The van der Waals surface area contributed by atoms with Crippen molar-refractivity contribution in [3.05, 3.63) is 24.0 Å². The van der Waals surface area contributed by atoms with Gasteiger partial charge in [0.15, 0.2) is 0 Å². The van der Waals surface area contributed by atoms with Crippen molar-refractivity contribution >= 4 is 5.91 Å². The largest absolute Gasteiger partial charge is 0.506 e. The van der Waals surface area contributed by atoms with E-state index in [0.717, 1.165) is 19.5 Å². The van der Waals surface area contributed by atoms with Gasteiger partial charge in [0, 0.05) is 12.7 Å². The summed E-state index contributed by atoms with van der Waals surface area (Å²) in [5.74, 6) is 0.489. The number of aromatic nitrogens is 1. The smallest absolute Gasteiger partial charge is 0.252 e. The average molecular weight is 249 g/mol. The number of hydrogen-bond acceptors (Lipinski definition) is 4. The fraction of sp³-hybridized carbons (Fsp3) is 0.538. The molecule has 2 heterocycles. The number of carbonyl (C=O) groups is 1. The summed E-state index contributed by atoms with van der Waals surface area (Å²) >= 11 is 0. The summed E-state index contributed by atoms with van der Waals surface area (Å²) in [4.78, 5) is 15.5. The fourth-order valence-corrected chi connectivity index (χ4v) is 2.21. The summed E-state index contributed by atoms with van der Waals surface area (Å²) in [7, 11) is 0. The van der Waals surface area contributed by atoms with Gasteiger partial charge < -0.3 is 15.7 Å². The molecule has 0 radical (unpaired) electrons. The van der Waals surface area contributed by atoms with Gasteiger partial charge >= 0.3 is 0 Å². The number of rotatable bonds is 4. The molecule has 1 amide bonds. The highest BCUT2D eigenvalue weighted by Gasteiger charge is 2.13. The van der Waals surface area contributed by atoms with Crippen LogP contribution in [0.4, 0.5) is 0 Å². The molecule has 18 heavy (non-hydrogen) atoms. The van der Waals surface area contributed by atoms with E-state index in [-0.39, 0.29) is 11.7 Å². The van der Waals surface area contributed by atoms with Gasteiger partial charge in [-0.25, -0.2) is 0 Å². The van der Waals surface area contributed by atoms with Crippen molar-refractivity contribution in [1.82, 2.24) is 15.6 Å². The van der Waals surface area contributed by atoms with E-state index in [1.807, 2.05) is 0 Å². The van der Waals surface area contributed by atoms with Crippen molar-refractivity contribution in [3.63, 3.8) is 0 Å². The summed E-state index contributed by atoms with van der Waals surface area (Å²) < 4.78 is 0. The minimum Gasteiger partial charge on any atom is -0.506 e. The van der Waals surface area contributed by atoms with Crippen LogP contribution >= 0.6 is 0 Å². The highest BCUT2D eigenvalue weighted by Crippen LogP contribution is 2.13. The van der Waals surface area contributed by atoms with Crippen LogP contribution in [0.3, 0.4) is 0 Å². The van der Waals surface area contributed by atoms with Crippen LogP contribution < -0.4 is 10.6 Å². The maximum atomic E-state index is 11.8. The van der Waals surface area contributed by atoms with E-state index >= 15 is 0 Å². The van der Waals surface area contributed by atoms with Gasteiger partial charge in [0.2, 0.25) is 0 Å². The lowest BCUT2D eigenvalue weighted by molar-refractivity contribution is 0.0950. The second kappa shape index (κ2) is 6.35. The van der Waals surface area contributed by atoms with Gasteiger partial charge in [-0.3, -0.25) is 9.78 Å². The highest BCUT2D eigenvalue weighted by molar-refractivity contribution is 5.94. The molecule has 0 aromatic carbocycles. The maximum absolute atomic E-state index is 11.8. The van der Waals surface area contributed by atoms with Crippen molar-refractivity contribution in [1.29, 1.82) is 0 Å². The van der Waals surface area contributed by atoms with Gasteiger partial charge in [0.25, 0.3) is 5.91 Å². The van der Waals surface area contributed by atoms with Crippen LogP contribution in [0.2, 0.25) is 0 Å². The molecule has 1 aliphatic rings. The average Bonchev–Trinajstić information content (AvgIpc) is 2.40. The van der Waals surface area contributed by atoms with Crippen LogP contribution in [-0.4, -0.2) is 35.6 Å². The molecule has 0 bridgehead atoms. The number of carbonyl (C=O) groups excluding carboxylic acids is 1. The van der Waals surface area contributed by atoms with Gasteiger partial charge in [-0.15, -0.1) is 0 Å². The zero-order valence-electron chi connectivity index (χ0n) is 10.4. The summed E-state index contributed by atoms with van der Waals surface area (Å²) in [6.07, 6.45) is 6.21. The lowest BCUT2D eigenvalue weighted by Crippen LogP contribution is -2.33. The zero-order chi connectivity index (χ0) is 12.8. The van der Waals surface area contributed by atoms with E-state index in [1.165, 1.54) is 31.3 Å². The molecule has 1 aliphatic heterocycles. The molecule has 5 nitrogen and oxygen atoms in total. The molecule has 1 fully saturated rings. The van der Waals surface area contributed by atoms with Crippen LogP contribution in [0.1, 0.15) is 29.6 Å². The Kier molecular flexibility index (Phi) is 4.52. The highest BCUT2D eigenvalue weighted by atomic mass is 16.3. The van der Waals surface area contributed by atoms with E-state index in [0.29, 0.717) is 18.0 Å². The predicted molar refractivity (Wildman–Crippen MR) is 68.4 cm³/mol. The van der Waals surface area contributed by atoms with Crippen LogP contribution in [-0.2, 0) is 0 Å². The van der Waals surface area contributed by atoms with Gasteiger partial charge in [-0.05, 0) is 44.3 Å². The Balaban J connectivity index is 1.74. The molecule has 1 unspecified atom stereocenters. The lowest BCUT2D eigenvalue weighted by Gasteiger charge is -2.22. The van der Waals surface area contributed by atoms with Crippen LogP contribution in [0.25, 0.3) is 0 Å². The predicted octanol–water partition coefficient (Wildman–Crippen LogP) is 0.907. The minimum atomic E-state index is -0.179. The van der Waals surface area contributed by atoms with Gasteiger partial charge in [0.1, 0.15) is 5.75 Å². The number of aromatic hydroxyl groups is 1. The van der Waals surface area contributed by atoms with E-state index in [9.17, 15) is 9.90 Å². The van der Waals surface area contributed by atoms with Crippen molar-refractivity contribution in [2.24, 2.45) is 5.92 Å². The van der Waals surface area contributed by atoms with E-state index in [4.69, 9.17) is 0 Å². The molecule has 0 saturated carbocycles. The molecule has 1 saturated heterocycles. The molecular weight excluding hydrogens is 230 g/mol.